The molecule has 1 aromatic carbocycles. The fourth-order valence-corrected chi connectivity index (χ4v) is 1.07. The van der Waals surface area contributed by atoms with Crippen molar-refractivity contribution in [2.45, 2.75) is 6.36 Å². The maximum atomic E-state index is 11.9. The zero-order valence-electron chi connectivity index (χ0n) is 7.19. The molecule has 0 aliphatic carbocycles. The van der Waals surface area contributed by atoms with E-state index in [4.69, 9.17) is 0 Å². The van der Waals surface area contributed by atoms with Gasteiger partial charge in [0.05, 0.1) is 5.52 Å². The molecule has 0 N–H and O–H groups in total. The maximum Gasteiger partial charge on any atom is 0.573 e. The van der Waals surface area contributed by atoms with E-state index in [-0.39, 0.29) is 11.3 Å². The van der Waals surface area contributed by atoms with Gasteiger partial charge in [0, 0.05) is 6.07 Å². The van der Waals surface area contributed by atoms with E-state index in [1.54, 1.807) is 0 Å². The number of alkyl halides is 3. The monoisotopic (exact) mass is 215 g/mol. The van der Waals surface area contributed by atoms with Gasteiger partial charge in [-0.05, 0) is 12.1 Å². The summed E-state index contributed by atoms with van der Waals surface area (Å²) in [6.07, 6.45) is -3.49. The van der Waals surface area contributed by atoms with Gasteiger partial charge < -0.3 is 4.74 Å². The topological polar surface area (TPSA) is 47.9 Å². The minimum absolute atomic E-state index is 0.249. The smallest absolute Gasteiger partial charge is 0.406 e. The first-order chi connectivity index (χ1) is 7.04. The van der Waals surface area contributed by atoms with E-state index in [1.165, 1.54) is 18.5 Å². The highest BCUT2D eigenvalue weighted by Gasteiger charge is 2.31. The van der Waals surface area contributed by atoms with E-state index < -0.39 is 6.36 Å². The van der Waals surface area contributed by atoms with Gasteiger partial charge in [-0.3, -0.25) is 0 Å². The summed E-state index contributed by atoms with van der Waals surface area (Å²) in [6.45, 7) is 0. The van der Waals surface area contributed by atoms with Crippen molar-refractivity contribution in [2.24, 2.45) is 0 Å². The lowest BCUT2D eigenvalue weighted by molar-refractivity contribution is -0.274. The van der Waals surface area contributed by atoms with Crippen LogP contribution < -0.4 is 4.74 Å². The number of benzene rings is 1. The summed E-state index contributed by atoms with van der Waals surface area (Å²) in [5.41, 5.74) is 0.707. The molecule has 1 aromatic heterocycles. The van der Waals surface area contributed by atoms with Crippen molar-refractivity contribution in [3.8, 4) is 5.75 Å². The lowest BCUT2D eigenvalue weighted by Crippen LogP contribution is -2.17. The van der Waals surface area contributed by atoms with Gasteiger partial charge in [-0.2, -0.15) is 0 Å². The molecule has 0 saturated carbocycles. The number of hydrogen-bond donors (Lipinski definition) is 0. The Labute approximate surface area is 81.7 Å². The predicted molar refractivity (Wildman–Crippen MR) is 44.0 cm³/mol. The molecular weight excluding hydrogens is 211 g/mol. The minimum Gasteiger partial charge on any atom is -0.406 e. The summed E-state index contributed by atoms with van der Waals surface area (Å²) < 4.78 is 39.3. The molecule has 0 saturated heterocycles. The average molecular weight is 215 g/mol. The number of hydrogen-bond acceptors (Lipinski definition) is 4. The van der Waals surface area contributed by atoms with Crippen LogP contribution in [0.1, 0.15) is 0 Å². The summed E-state index contributed by atoms with van der Waals surface area (Å²) in [5, 5.41) is 7.06. The molecule has 0 radical (unpaired) electrons. The standard InChI is InChI=1S/C8H4F3N3O/c9-8(10,11)15-5-1-2-6-7(3-5)14-13-4-12-6/h1-4H. The summed E-state index contributed by atoms with van der Waals surface area (Å²) >= 11 is 0. The van der Waals surface area contributed by atoms with Crippen molar-refractivity contribution in [3.63, 3.8) is 0 Å². The van der Waals surface area contributed by atoms with Crippen molar-refractivity contribution < 1.29 is 17.9 Å². The van der Waals surface area contributed by atoms with Crippen LogP contribution in [0.4, 0.5) is 13.2 Å². The summed E-state index contributed by atoms with van der Waals surface area (Å²) in [6, 6.07) is 3.68. The minimum atomic E-state index is -4.71. The highest BCUT2D eigenvalue weighted by Crippen LogP contribution is 2.24. The van der Waals surface area contributed by atoms with Gasteiger partial charge in [-0.1, -0.05) is 0 Å². The fraction of sp³-hybridized carbons (Fsp3) is 0.125. The molecule has 0 bridgehead atoms. The normalized spacial score (nSPS) is 11.7. The molecule has 0 amide bonds. The van der Waals surface area contributed by atoms with Crippen molar-refractivity contribution in [2.75, 3.05) is 0 Å². The Bertz CT molecular complexity index is 486. The summed E-state index contributed by atoms with van der Waals surface area (Å²) in [5.74, 6) is -0.336. The zero-order valence-corrected chi connectivity index (χ0v) is 7.19. The molecule has 0 atom stereocenters. The van der Waals surface area contributed by atoms with Gasteiger partial charge in [-0.15, -0.1) is 23.4 Å². The summed E-state index contributed by atoms with van der Waals surface area (Å²) in [7, 11) is 0. The van der Waals surface area contributed by atoms with E-state index in [1.807, 2.05) is 0 Å². The van der Waals surface area contributed by atoms with Crippen LogP contribution in [-0.4, -0.2) is 21.5 Å². The van der Waals surface area contributed by atoms with Gasteiger partial charge in [0.1, 0.15) is 17.6 Å². The van der Waals surface area contributed by atoms with E-state index in [9.17, 15) is 13.2 Å². The molecule has 0 unspecified atom stereocenters. The van der Waals surface area contributed by atoms with Crippen LogP contribution >= 0.6 is 0 Å². The van der Waals surface area contributed by atoms with Crippen molar-refractivity contribution >= 4 is 11.0 Å². The van der Waals surface area contributed by atoms with Gasteiger partial charge in [-0.25, -0.2) is 4.98 Å². The number of fused-ring (bicyclic) bond motifs is 1. The fourth-order valence-electron chi connectivity index (χ4n) is 1.07. The van der Waals surface area contributed by atoms with Crippen LogP contribution in [0.2, 0.25) is 0 Å². The molecule has 0 aliphatic heterocycles. The first-order valence-electron chi connectivity index (χ1n) is 3.88. The Kier molecular flexibility index (Phi) is 2.14. The number of aromatic nitrogens is 3. The Morgan fingerprint density at radius 1 is 1.13 bits per heavy atom. The molecule has 2 aromatic rings. The molecule has 1 heterocycles. The molecule has 7 heteroatoms. The lowest BCUT2D eigenvalue weighted by atomic mass is 10.3. The van der Waals surface area contributed by atoms with Crippen molar-refractivity contribution in [1.82, 2.24) is 15.2 Å². The molecule has 0 aliphatic rings. The van der Waals surface area contributed by atoms with Gasteiger partial charge in [0.15, 0.2) is 0 Å². The average Bonchev–Trinajstić information content (AvgIpc) is 2.15. The zero-order chi connectivity index (χ0) is 10.9. The van der Waals surface area contributed by atoms with Crippen molar-refractivity contribution in [3.05, 3.63) is 24.5 Å². The molecule has 0 fully saturated rings. The van der Waals surface area contributed by atoms with E-state index in [0.717, 1.165) is 6.07 Å². The number of rotatable bonds is 1. The Balaban J connectivity index is 2.39. The first kappa shape index (κ1) is 9.63. The Morgan fingerprint density at radius 2 is 1.93 bits per heavy atom. The molecule has 4 nitrogen and oxygen atoms in total. The van der Waals surface area contributed by atoms with Crippen LogP contribution in [0.15, 0.2) is 24.5 Å². The second-order valence-electron chi connectivity index (χ2n) is 2.66. The molecule has 78 valence electrons. The highest BCUT2D eigenvalue weighted by atomic mass is 19.4. The van der Waals surface area contributed by atoms with E-state index in [0.29, 0.717) is 5.52 Å². The number of ether oxygens (including phenoxy) is 1. The number of nitrogens with zero attached hydrogens (tertiary/aromatic N) is 3. The van der Waals surface area contributed by atoms with Gasteiger partial charge in [0.2, 0.25) is 0 Å². The predicted octanol–water partition coefficient (Wildman–Crippen LogP) is 1.92. The van der Waals surface area contributed by atoms with Crippen LogP contribution in [0.3, 0.4) is 0 Å². The summed E-state index contributed by atoms with van der Waals surface area (Å²) in [4.78, 5) is 3.81. The van der Waals surface area contributed by atoms with E-state index >= 15 is 0 Å². The van der Waals surface area contributed by atoms with Crippen LogP contribution in [-0.2, 0) is 0 Å². The second-order valence-corrected chi connectivity index (χ2v) is 2.66. The van der Waals surface area contributed by atoms with Crippen LogP contribution in [0.5, 0.6) is 5.75 Å². The largest absolute Gasteiger partial charge is 0.573 e. The first-order valence-corrected chi connectivity index (χ1v) is 3.88. The van der Waals surface area contributed by atoms with Crippen molar-refractivity contribution in [1.29, 1.82) is 0 Å². The molecule has 2 rings (SSSR count). The number of halogens is 3. The Morgan fingerprint density at radius 3 is 2.67 bits per heavy atom. The molecule has 0 spiro atoms. The van der Waals surface area contributed by atoms with Crippen LogP contribution in [0, 0.1) is 0 Å². The quantitative estimate of drug-likeness (QED) is 0.729. The van der Waals surface area contributed by atoms with Crippen LogP contribution in [0.25, 0.3) is 11.0 Å². The van der Waals surface area contributed by atoms with Gasteiger partial charge >= 0.3 is 6.36 Å². The molecular formula is C8H4F3N3O. The second kappa shape index (κ2) is 3.34. The van der Waals surface area contributed by atoms with E-state index in [2.05, 4.69) is 19.9 Å². The third-order valence-corrected chi connectivity index (χ3v) is 1.59. The SMILES string of the molecule is FC(F)(F)Oc1ccc2ncnnc2c1. The highest BCUT2D eigenvalue weighted by molar-refractivity contribution is 5.74. The Hall–Kier alpha value is -1.92. The third-order valence-electron chi connectivity index (χ3n) is 1.59. The lowest BCUT2D eigenvalue weighted by Gasteiger charge is -2.08. The maximum absolute atomic E-state index is 11.9. The third kappa shape index (κ3) is 2.30. The van der Waals surface area contributed by atoms with Gasteiger partial charge in [0.25, 0.3) is 0 Å². The molecule has 15 heavy (non-hydrogen) atoms.